The first kappa shape index (κ1) is 31.4. The molecule has 2 aromatic heterocycles. The zero-order chi connectivity index (χ0) is 32.3. The zero-order valence-corrected chi connectivity index (χ0v) is 25.0. The smallest absolute Gasteiger partial charge is 0.348 e. The number of nitrogens with zero attached hydrogens (tertiary/aromatic N) is 6. The number of alkyl halides is 3. The van der Waals surface area contributed by atoms with Gasteiger partial charge in [0, 0.05) is 23.6 Å². The van der Waals surface area contributed by atoms with E-state index in [1.54, 1.807) is 61.5 Å². The third-order valence-electron chi connectivity index (χ3n) is 6.86. The van der Waals surface area contributed by atoms with Gasteiger partial charge < -0.3 is 5.32 Å². The molecule has 0 saturated heterocycles. The molecule has 14 heteroatoms. The molecular weight excluding hydrogens is 630 g/mol. The number of carbonyl (C=O) groups is 2. The summed E-state index contributed by atoms with van der Waals surface area (Å²) in [5, 5.41) is 24.3. The van der Waals surface area contributed by atoms with Crippen LogP contribution in [0.4, 0.5) is 13.2 Å². The van der Waals surface area contributed by atoms with Crippen molar-refractivity contribution < 1.29 is 22.8 Å². The van der Waals surface area contributed by atoms with E-state index in [0.29, 0.717) is 27.4 Å². The molecule has 0 radical (unpaired) electrons. The van der Waals surface area contributed by atoms with Gasteiger partial charge in [-0.3, -0.25) is 9.59 Å². The molecule has 0 aliphatic heterocycles. The lowest BCUT2D eigenvalue weighted by Crippen LogP contribution is -2.25. The SMILES string of the molecule is Cc1cc(C#N)cc(C(=O)NCc2ccccc2Cl)c1CC(=O)c1cc(Cn2cc(C(F)(F)F)nn2)nn1-c1ccccc1Cl. The molecule has 3 aromatic carbocycles. The fourth-order valence-corrected chi connectivity index (χ4v) is 5.09. The summed E-state index contributed by atoms with van der Waals surface area (Å²) < 4.78 is 41.5. The van der Waals surface area contributed by atoms with Crippen LogP contribution in [0.5, 0.6) is 0 Å². The standard InChI is InChI=1S/C31H22Cl2F3N7O2/c1-18-10-19(14-37)11-23(30(45)38-15-20-6-2-3-7-24(20)32)22(18)13-28(44)27-12-21(16-42-17-29(39-41-42)31(34,35)36)40-43(27)26-9-5-4-8-25(26)33/h2-12,17H,13,15-16H2,1H3,(H,38,45). The first-order chi connectivity index (χ1) is 21.4. The minimum Gasteiger partial charge on any atom is -0.348 e. The summed E-state index contributed by atoms with van der Waals surface area (Å²) in [5.74, 6) is -0.971. The summed E-state index contributed by atoms with van der Waals surface area (Å²) in [7, 11) is 0. The van der Waals surface area contributed by atoms with Gasteiger partial charge in [0.1, 0.15) is 5.69 Å². The fourth-order valence-electron chi connectivity index (χ4n) is 4.67. The lowest BCUT2D eigenvalue weighted by molar-refractivity contribution is -0.141. The maximum atomic E-state index is 13.9. The van der Waals surface area contributed by atoms with E-state index in [2.05, 4.69) is 20.7 Å². The van der Waals surface area contributed by atoms with Crippen LogP contribution in [0, 0.1) is 18.3 Å². The Balaban J connectivity index is 1.49. The van der Waals surface area contributed by atoms with Gasteiger partial charge in [0.2, 0.25) is 0 Å². The largest absolute Gasteiger partial charge is 0.436 e. The van der Waals surface area contributed by atoms with E-state index in [0.717, 1.165) is 10.9 Å². The molecule has 0 atom stereocenters. The van der Waals surface area contributed by atoms with Crippen molar-refractivity contribution in [2.45, 2.75) is 32.6 Å². The average molecular weight is 652 g/mol. The van der Waals surface area contributed by atoms with Gasteiger partial charge in [-0.15, -0.1) is 5.10 Å². The highest BCUT2D eigenvalue weighted by atomic mass is 35.5. The van der Waals surface area contributed by atoms with Crippen LogP contribution in [0.25, 0.3) is 5.69 Å². The number of carbonyl (C=O) groups excluding carboxylic acids is 2. The Kier molecular flexibility index (Phi) is 9.04. The molecule has 1 amide bonds. The molecule has 5 rings (SSSR count). The van der Waals surface area contributed by atoms with Crippen molar-refractivity contribution in [2.24, 2.45) is 0 Å². The summed E-state index contributed by atoms with van der Waals surface area (Å²) in [6, 6.07) is 20.1. The monoisotopic (exact) mass is 651 g/mol. The maximum Gasteiger partial charge on any atom is 0.436 e. The van der Waals surface area contributed by atoms with Gasteiger partial charge >= 0.3 is 6.18 Å². The molecule has 0 fully saturated rings. The lowest BCUT2D eigenvalue weighted by atomic mass is 9.93. The number of halogens is 5. The number of aryl methyl sites for hydroxylation is 1. The van der Waals surface area contributed by atoms with Crippen LogP contribution in [0.3, 0.4) is 0 Å². The van der Waals surface area contributed by atoms with Crippen LogP contribution >= 0.6 is 23.2 Å². The van der Waals surface area contributed by atoms with Crippen molar-refractivity contribution in [3.8, 4) is 11.8 Å². The summed E-state index contributed by atoms with van der Waals surface area (Å²) in [6.07, 6.45) is -4.19. The third-order valence-corrected chi connectivity index (χ3v) is 7.55. The highest BCUT2D eigenvalue weighted by Gasteiger charge is 2.34. The molecule has 0 bridgehead atoms. The van der Waals surface area contributed by atoms with Gasteiger partial charge in [-0.1, -0.05) is 58.7 Å². The fraction of sp³-hybridized carbons (Fsp3) is 0.161. The second-order valence-electron chi connectivity index (χ2n) is 9.99. The average Bonchev–Trinajstić information content (AvgIpc) is 3.65. The number of amides is 1. The predicted octanol–water partition coefficient (Wildman–Crippen LogP) is 6.37. The second-order valence-corrected chi connectivity index (χ2v) is 10.8. The number of hydrogen-bond acceptors (Lipinski definition) is 6. The molecule has 9 nitrogen and oxygen atoms in total. The Morgan fingerprint density at radius 1 is 1.02 bits per heavy atom. The quantitative estimate of drug-likeness (QED) is 0.185. The third kappa shape index (κ3) is 7.06. The Hall–Kier alpha value is -4.99. The molecule has 5 aromatic rings. The van der Waals surface area contributed by atoms with Gasteiger partial charge in [0.15, 0.2) is 11.5 Å². The van der Waals surface area contributed by atoms with Crippen LogP contribution in [0.1, 0.15) is 54.5 Å². The number of ketones is 1. The summed E-state index contributed by atoms with van der Waals surface area (Å²) in [6.45, 7) is 1.59. The van der Waals surface area contributed by atoms with E-state index < -0.39 is 23.6 Å². The molecule has 45 heavy (non-hydrogen) atoms. The highest BCUT2D eigenvalue weighted by molar-refractivity contribution is 6.32. The molecule has 0 aliphatic rings. The molecule has 0 saturated carbocycles. The molecule has 2 heterocycles. The number of nitrogens with one attached hydrogen (secondary N) is 1. The molecule has 0 unspecified atom stereocenters. The van der Waals surface area contributed by atoms with Gasteiger partial charge in [0.05, 0.1) is 40.8 Å². The first-order valence-corrected chi connectivity index (χ1v) is 14.1. The van der Waals surface area contributed by atoms with Crippen LogP contribution in [-0.2, 0) is 25.7 Å². The molecule has 1 N–H and O–H groups in total. The number of benzene rings is 3. The van der Waals surface area contributed by atoms with E-state index in [4.69, 9.17) is 23.2 Å². The summed E-state index contributed by atoms with van der Waals surface area (Å²) in [5.41, 5.74) is 1.46. The van der Waals surface area contributed by atoms with E-state index in [1.807, 2.05) is 6.07 Å². The molecule has 228 valence electrons. The number of rotatable bonds is 9. The van der Waals surface area contributed by atoms with Gasteiger partial charge in [-0.25, -0.2) is 9.36 Å². The number of nitriles is 1. The van der Waals surface area contributed by atoms with Crippen LogP contribution in [0.15, 0.2) is 72.9 Å². The normalized spacial score (nSPS) is 11.3. The van der Waals surface area contributed by atoms with Crippen molar-refractivity contribution >= 4 is 34.9 Å². The topological polar surface area (TPSA) is 118 Å². The van der Waals surface area contributed by atoms with Crippen molar-refractivity contribution in [1.29, 1.82) is 5.26 Å². The van der Waals surface area contributed by atoms with E-state index in [-0.39, 0.29) is 47.0 Å². The van der Waals surface area contributed by atoms with Crippen LogP contribution in [-0.4, -0.2) is 36.5 Å². The number of hydrogen-bond donors (Lipinski definition) is 1. The lowest BCUT2D eigenvalue weighted by Gasteiger charge is -2.15. The van der Waals surface area contributed by atoms with E-state index >= 15 is 0 Å². The number of Topliss-reactive ketones (excluding diaryl/α,β-unsaturated/α-hetero) is 1. The van der Waals surface area contributed by atoms with Crippen molar-refractivity contribution in [3.05, 3.63) is 128 Å². The Morgan fingerprint density at radius 3 is 2.40 bits per heavy atom. The Labute approximate surface area is 264 Å². The van der Waals surface area contributed by atoms with Gasteiger partial charge in [-0.2, -0.15) is 23.5 Å². The minimum atomic E-state index is -4.67. The highest BCUT2D eigenvalue weighted by Crippen LogP contribution is 2.28. The first-order valence-electron chi connectivity index (χ1n) is 13.3. The number of para-hydroxylation sites is 1. The maximum absolute atomic E-state index is 13.9. The molecule has 0 aliphatic carbocycles. The van der Waals surface area contributed by atoms with Crippen molar-refractivity contribution in [3.63, 3.8) is 0 Å². The Bertz CT molecular complexity index is 1960. The van der Waals surface area contributed by atoms with Crippen LogP contribution < -0.4 is 5.32 Å². The molecular formula is C31H22Cl2F3N7O2. The predicted molar refractivity (Wildman–Crippen MR) is 159 cm³/mol. The Morgan fingerprint density at radius 2 is 1.73 bits per heavy atom. The zero-order valence-electron chi connectivity index (χ0n) is 23.4. The summed E-state index contributed by atoms with van der Waals surface area (Å²) >= 11 is 12.7. The van der Waals surface area contributed by atoms with Gasteiger partial charge in [-0.05, 0) is 60.0 Å². The molecule has 0 spiro atoms. The van der Waals surface area contributed by atoms with Gasteiger partial charge in [0.25, 0.3) is 5.91 Å². The second kappa shape index (κ2) is 12.9. The van der Waals surface area contributed by atoms with E-state index in [9.17, 15) is 28.0 Å². The summed E-state index contributed by atoms with van der Waals surface area (Å²) in [4.78, 5) is 27.3. The van der Waals surface area contributed by atoms with E-state index in [1.165, 1.54) is 16.8 Å². The van der Waals surface area contributed by atoms with Crippen molar-refractivity contribution in [2.75, 3.05) is 0 Å². The number of aromatic nitrogens is 5. The van der Waals surface area contributed by atoms with Crippen LogP contribution in [0.2, 0.25) is 10.0 Å². The van der Waals surface area contributed by atoms with Crippen molar-refractivity contribution in [1.82, 2.24) is 30.1 Å². The minimum absolute atomic E-state index is 0.0699.